The number of likely N-dealkylation sites (N-methyl/N-ethyl adjacent to an activating group) is 1. The zero-order chi connectivity index (χ0) is 22.4. The van der Waals surface area contributed by atoms with Crippen molar-refractivity contribution >= 4 is 28.0 Å². The van der Waals surface area contributed by atoms with Crippen LogP contribution >= 0.6 is 0 Å². The zero-order valence-corrected chi connectivity index (χ0v) is 17.5. The third kappa shape index (κ3) is 3.38. The summed E-state index contributed by atoms with van der Waals surface area (Å²) in [5.41, 5.74) is 1.41. The Morgan fingerprint density at radius 3 is 2.59 bits per heavy atom. The molecule has 0 unspecified atom stereocenters. The number of piperazine rings is 1. The molecule has 1 N–H and O–H groups in total. The maximum Gasteiger partial charge on any atom is 0.265 e. The van der Waals surface area contributed by atoms with E-state index in [1.807, 2.05) is 13.1 Å². The van der Waals surface area contributed by atoms with Gasteiger partial charge < -0.3 is 14.9 Å². The number of halogens is 1. The van der Waals surface area contributed by atoms with Gasteiger partial charge in [-0.1, -0.05) is 12.1 Å². The van der Waals surface area contributed by atoms with Crippen LogP contribution in [-0.4, -0.2) is 58.4 Å². The zero-order valence-electron chi connectivity index (χ0n) is 17.5. The lowest BCUT2D eigenvalue weighted by Crippen LogP contribution is -2.45. The molecule has 2 aromatic heterocycles. The summed E-state index contributed by atoms with van der Waals surface area (Å²) in [6.07, 6.45) is 1.42. The second-order valence-electron chi connectivity index (χ2n) is 8.02. The van der Waals surface area contributed by atoms with Crippen LogP contribution < -0.4 is 10.5 Å². The summed E-state index contributed by atoms with van der Waals surface area (Å²) >= 11 is 0. The number of para-hydroxylation sites is 1. The van der Waals surface area contributed by atoms with Crippen LogP contribution in [-0.2, 0) is 0 Å². The average molecular weight is 432 g/mol. The van der Waals surface area contributed by atoms with Crippen LogP contribution in [0.25, 0.3) is 16.6 Å². The highest BCUT2D eigenvalue weighted by Gasteiger charge is 2.23. The predicted octanol–water partition coefficient (Wildman–Crippen LogP) is 2.68. The number of ketones is 1. The molecular weight excluding hydrogens is 411 g/mol. The van der Waals surface area contributed by atoms with E-state index in [2.05, 4.69) is 9.80 Å². The Balaban J connectivity index is 1.76. The minimum Gasteiger partial charge on any atom is -0.507 e. The van der Waals surface area contributed by atoms with Crippen molar-refractivity contribution in [2.24, 2.45) is 0 Å². The van der Waals surface area contributed by atoms with Gasteiger partial charge >= 0.3 is 0 Å². The Kier molecular flexibility index (Phi) is 4.86. The van der Waals surface area contributed by atoms with E-state index in [1.165, 1.54) is 10.6 Å². The molecule has 32 heavy (non-hydrogen) atoms. The molecule has 7 nitrogen and oxygen atoms in total. The number of hydrogen-bond acceptors (Lipinski definition) is 6. The molecule has 1 aliphatic rings. The Hall–Kier alpha value is -3.78. The van der Waals surface area contributed by atoms with Gasteiger partial charge in [-0.3, -0.25) is 14.0 Å². The summed E-state index contributed by atoms with van der Waals surface area (Å²) in [6, 6.07) is 12.0. The number of carbonyl (C=O) groups is 1. The van der Waals surface area contributed by atoms with Crippen LogP contribution in [0.3, 0.4) is 0 Å². The van der Waals surface area contributed by atoms with Crippen LogP contribution in [0.15, 0.2) is 59.5 Å². The molecule has 1 aliphatic heterocycles. The standard InChI is InChI=1S/C24H21FN4O3/c1-27-8-10-28(11-9-27)20-12-15(22(31)18-13-16(25)6-7-21(18)30)14-29-23(20)26-19-5-3-2-4-17(19)24(29)32/h2-7,12-14,30H,8-11H2,1H3. The Bertz CT molecular complexity index is 1420. The number of rotatable bonds is 3. The first-order chi connectivity index (χ1) is 15.4. The molecule has 0 radical (unpaired) electrons. The van der Waals surface area contributed by atoms with Crippen molar-refractivity contribution in [3.8, 4) is 5.75 Å². The number of phenols is 1. The molecule has 0 aliphatic carbocycles. The van der Waals surface area contributed by atoms with Crippen molar-refractivity contribution in [1.29, 1.82) is 0 Å². The molecule has 2 aromatic carbocycles. The molecule has 1 saturated heterocycles. The van der Waals surface area contributed by atoms with E-state index in [0.29, 0.717) is 35.3 Å². The molecule has 0 amide bonds. The molecule has 8 heteroatoms. The predicted molar refractivity (Wildman–Crippen MR) is 120 cm³/mol. The van der Waals surface area contributed by atoms with E-state index in [0.717, 1.165) is 31.3 Å². The van der Waals surface area contributed by atoms with Crippen LogP contribution in [0.4, 0.5) is 10.1 Å². The fourth-order valence-electron chi connectivity index (χ4n) is 4.08. The van der Waals surface area contributed by atoms with Crippen LogP contribution in [0.1, 0.15) is 15.9 Å². The lowest BCUT2D eigenvalue weighted by Gasteiger charge is -2.34. The topological polar surface area (TPSA) is 78.1 Å². The van der Waals surface area contributed by atoms with Crippen LogP contribution in [0.5, 0.6) is 5.75 Å². The van der Waals surface area contributed by atoms with E-state index >= 15 is 0 Å². The lowest BCUT2D eigenvalue weighted by atomic mass is 10.0. The van der Waals surface area contributed by atoms with Crippen molar-refractivity contribution in [3.05, 3.63) is 82.0 Å². The quantitative estimate of drug-likeness (QED) is 0.396. The number of phenolic OH excluding ortho intramolecular Hbond substituents is 1. The van der Waals surface area contributed by atoms with Gasteiger partial charge in [0.05, 0.1) is 22.2 Å². The Morgan fingerprint density at radius 1 is 1.06 bits per heavy atom. The normalized spacial score (nSPS) is 14.9. The minimum absolute atomic E-state index is 0.157. The smallest absolute Gasteiger partial charge is 0.265 e. The highest BCUT2D eigenvalue weighted by molar-refractivity contribution is 6.11. The molecule has 0 spiro atoms. The minimum atomic E-state index is -0.629. The largest absolute Gasteiger partial charge is 0.507 e. The first-order valence-corrected chi connectivity index (χ1v) is 10.3. The van der Waals surface area contributed by atoms with Gasteiger partial charge in [-0.2, -0.15) is 0 Å². The van der Waals surface area contributed by atoms with Crippen molar-refractivity contribution in [1.82, 2.24) is 14.3 Å². The average Bonchev–Trinajstić information content (AvgIpc) is 2.80. The molecule has 0 atom stereocenters. The number of fused-ring (bicyclic) bond motifs is 2. The lowest BCUT2D eigenvalue weighted by molar-refractivity contribution is 0.103. The third-order valence-electron chi connectivity index (χ3n) is 5.91. The molecular formula is C24H21FN4O3. The van der Waals surface area contributed by atoms with Gasteiger partial charge in [-0.05, 0) is 43.4 Å². The number of anilines is 1. The monoisotopic (exact) mass is 432 g/mol. The first-order valence-electron chi connectivity index (χ1n) is 10.3. The van der Waals surface area contributed by atoms with E-state index in [4.69, 9.17) is 4.98 Å². The summed E-state index contributed by atoms with van der Waals surface area (Å²) in [5, 5.41) is 10.6. The van der Waals surface area contributed by atoms with E-state index in [9.17, 15) is 19.1 Å². The number of aromatic hydroxyl groups is 1. The van der Waals surface area contributed by atoms with E-state index in [-0.39, 0.29) is 22.4 Å². The van der Waals surface area contributed by atoms with Crippen molar-refractivity contribution < 1.29 is 14.3 Å². The number of pyridine rings is 1. The molecule has 5 rings (SSSR count). The maximum absolute atomic E-state index is 13.8. The van der Waals surface area contributed by atoms with Crippen molar-refractivity contribution in [2.75, 3.05) is 38.1 Å². The molecule has 0 bridgehead atoms. The van der Waals surface area contributed by atoms with Gasteiger partial charge in [-0.15, -0.1) is 0 Å². The number of aromatic nitrogens is 2. The number of carbonyl (C=O) groups excluding carboxylic acids is 1. The maximum atomic E-state index is 13.8. The fraction of sp³-hybridized carbons (Fsp3) is 0.208. The first kappa shape index (κ1) is 20.1. The molecule has 1 fully saturated rings. The SMILES string of the molecule is CN1CCN(c2cc(C(=O)c3cc(F)ccc3O)cn3c(=O)c4ccccc4nc23)CC1. The van der Waals surface area contributed by atoms with Gasteiger partial charge in [0.1, 0.15) is 11.6 Å². The van der Waals surface area contributed by atoms with E-state index < -0.39 is 11.6 Å². The van der Waals surface area contributed by atoms with Gasteiger partial charge in [-0.25, -0.2) is 9.37 Å². The highest BCUT2D eigenvalue weighted by atomic mass is 19.1. The van der Waals surface area contributed by atoms with E-state index in [1.54, 1.807) is 24.3 Å². The van der Waals surface area contributed by atoms with Crippen molar-refractivity contribution in [3.63, 3.8) is 0 Å². The summed E-state index contributed by atoms with van der Waals surface area (Å²) in [4.78, 5) is 35.5. The number of benzene rings is 2. The molecule has 162 valence electrons. The third-order valence-corrected chi connectivity index (χ3v) is 5.91. The summed E-state index contributed by atoms with van der Waals surface area (Å²) in [7, 11) is 2.04. The van der Waals surface area contributed by atoms with Gasteiger partial charge in [0, 0.05) is 37.9 Å². The number of nitrogens with zero attached hydrogens (tertiary/aromatic N) is 4. The molecule has 4 aromatic rings. The molecule has 3 heterocycles. The van der Waals surface area contributed by atoms with Crippen molar-refractivity contribution in [2.45, 2.75) is 0 Å². The van der Waals surface area contributed by atoms with Gasteiger partial charge in [0.15, 0.2) is 11.4 Å². The Labute approximate surface area is 183 Å². The molecule has 0 saturated carbocycles. The summed E-state index contributed by atoms with van der Waals surface area (Å²) in [5.74, 6) is -1.52. The number of hydrogen-bond donors (Lipinski definition) is 1. The second-order valence-corrected chi connectivity index (χ2v) is 8.02. The van der Waals surface area contributed by atoms with Crippen LogP contribution in [0, 0.1) is 5.82 Å². The van der Waals surface area contributed by atoms with Gasteiger partial charge in [0.2, 0.25) is 0 Å². The fourth-order valence-corrected chi connectivity index (χ4v) is 4.08. The van der Waals surface area contributed by atoms with Crippen LogP contribution in [0.2, 0.25) is 0 Å². The second kappa shape index (κ2) is 7.72. The highest BCUT2D eigenvalue weighted by Crippen LogP contribution is 2.27. The Morgan fingerprint density at radius 2 is 1.81 bits per heavy atom. The van der Waals surface area contributed by atoms with Gasteiger partial charge in [0.25, 0.3) is 5.56 Å². The summed E-state index contributed by atoms with van der Waals surface area (Å²) in [6.45, 7) is 3.06. The summed E-state index contributed by atoms with van der Waals surface area (Å²) < 4.78 is 15.2.